The van der Waals surface area contributed by atoms with E-state index in [0.717, 1.165) is 67.9 Å². The first-order valence-corrected chi connectivity index (χ1v) is 11.6. The molecule has 150 valence electrons. The second-order valence-electron chi connectivity index (χ2n) is 8.48. The average Bonchev–Trinajstić information content (AvgIpc) is 3.35. The van der Waals surface area contributed by atoms with E-state index in [1.54, 1.807) is 11.3 Å². The Balaban J connectivity index is 1.29. The van der Waals surface area contributed by atoms with Gasteiger partial charge in [0.15, 0.2) is 0 Å². The number of piperidine rings is 1. The van der Waals surface area contributed by atoms with Crippen molar-refractivity contribution in [3.8, 4) is 0 Å². The number of nitrogens with one attached hydrogen (secondary N) is 1. The number of aromatic nitrogens is 2. The molecule has 0 unspecified atom stereocenters. The largest absolute Gasteiger partial charge is 0.342 e. The lowest BCUT2D eigenvalue weighted by molar-refractivity contribution is -0.133. The summed E-state index contributed by atoms with van der Waals surface area (Å²) in [4.78, 5) is 39.8. The van der Waals surface area contributed by atoms with Crippen LogP contribution in [0.15, 0.2) is 4.79 Å². The monoisotopic (exact) mass is 400 g/mol. The van der Waals surface area contributed by atoms with Crippen LogP contribution in [0.1, 0.15) is 60.7 Å². The van der Waals surface area contributed by atoms with Crippen LogP contribution in [-0.2, 0) is 17.6 Å². The molecule has 1 N–H and O–H groups in total. The minimum absolute atomic E-state index is 0.0342. The third kappa shape index (κ3) is 3.39. The summed E-state index contributed by atoms with van der Waals surface area (Å²) in [7, 11) is 0. The van der Waals surface area contributed by atoms with Gasteiger partial charge in [0.1, 0.15) is 10.7 Å². The van der Waals surface area contributed by atoms with E-state index in [-0.39, 0.29) is 17.4 Å². The number of aryl methyl sites for hydroxylation is 2. The Bertz CT molecular complexity index is 936. The van der Waals surface area contributed by atoms with E-state index in [4.69, 9.17) is 4.98 Å². The third-order valence-corrected chi connectivity index (χ3v) is 7.82. The number of H-pyrrole nitrogens is 1. The van der Waals surface area contributed by atoms with E-state index in [0.29, 0.717) is 6.54 Å². The maximum absolute atomic E-state index is 12.8. The summed E-state index contributed by atoms with van der Waals surface area (Å²) < 4.78 is 0. The minimum atomic E-state index is 0.0342. The van der Waals surface area contributed by atoms with Crippen molar-refractivity contribution < 1.29 is 4.79 Å². The highest BCUT2D eigenvalue weighted by molar-refractivity contribution is 7.18. The lowest BCUT2D eigenvalue weighted by Crippen LogP contribution is -2.43. The van der Waals surface area contributed by atoms with Gasteiger partial charge < -0.3 is 9.88 Å². The van der Waals surface area contributed by atoms with Crippen LogP contribution >= 0.6 is 11.3 Å². The number of amides is 1. The fourth-order valence-corrected chi connectivity index (χ4v) is 6.28. The van der Waals surface area contributed by atoms with E-state index >= 15 is 0 Å². The smallest absolute Gasteiger partial charge is 0.259 e. The first-order valence-electron chi connectivity index (χ1n) is 10.7. The van der Waals surface area contributed by atoms with Crippen LogP contribution in [0.25, 0.3) is 10.2 Å². The Labute approximate surface area is 168 Å². The highest BCUT2D eigenvalue weighted by atomic mass is 32.1. The highest BCUT2D eigenvalue weighted by Gasteiger charge is 2.28. The second-order valence-corrected chi connectivity index (χ2v) is 9.56. The van der Waals surface area contributed by atoms with Gasteiger partial charge in [0.05, 0.1) is 11.9 Å². The molecule has 5 rings (SSSR count). The van der Waals surface area contributed by atoms with E-state index in [2.05, 4.69) is 9.88 Å². The van der Waals surface area contributed by atoms with Gasteiger partial charge in [-0.05, 0) is 70.0 Å². The van der Waals surface area contributed by atoms with Gasteiger partial charge in [0.25, 0.3) is 5.56 Å². The number of hydrogen-bond acceptors (Lipinski definition) is 5. The van der Waals surface area contributed by atoms with Crippen LogP contribution in [0.4, 0.5) is 0 Å². The van der Waals surface area contributed by atoms with Crippen molar-refractivity contribution in [2.75, 3.05) is 32.7 Å². The summed E-state index contributed by atoms with van der Waals surface area (Å²) in [5.74, 6) is 1.32. The van der Waals surface area contributed by atoms with Crippen molar-refractivity contribution >= 4 is 27.5 Å². The molecule has 2 aromatic heterocycles. The normalized spacial score (nSPS) is 21.4. The Hall–Kier alpha value is -1.73. The zero-order valence-corrected chi connectivity index (χ0v) is 17.2. The number of nitrogens with zero attached hydrogens (tertiary/aromatic N) is 3. The molecular weight excluding hydrogens is 372 g/mol. The first-order chi connectivity index (χ1) is 13.7. The maximum atomic E-state index is 12.8. The summed E-state index contributed by atoms with van der Waals surface area (Å²) in [6.07, 6.45) is 8.67. The van der Waals surface area contributed by atoms with E-state index in [1.807, 2.05) is 4.90 Å². The molecule has 3 aliphatic rings. The van der Waals surface area contributed by atoms with Gasteiger partial charge in [-0.3, -0.25) is 14.5 Å². The van der Waals surface area contributed by atoms with Gasteiger partial charge in [-0.2, -0.15) is 0 Å². The summed E-state index contributed by atoms with van der Waals surface area (Å²) in [6, 6.07) is 0. The van der Waals surface area contributed by atoms with Crippen LogP contribution in [0, 0.1) is 0 Å². The van der Waals surface area contributed by atoms with Gasteiger partial charge in [0, 0.05) is 23.9 Å². The molecule has 2 fully saturated rings. The van der Waals surface area contributed by atoms with Crippen molar-refractivity contribution in [2.45, 2.75) is 57.3 Å². The Morgan fingerprint density at radius 3 is 2.61 bits per heavy atom. The zero-order valence-electron chi connectivity index (χ0n) is 16.3. The summed E-state index contributed by atoms with van der Waals surface area (Å²) in [5.41, 5.74) is 1.28. The predicted molar refractivity (Wildman–Crippen MR) is 111 cm³/mol. The van der Waals surface area contributed by atoms with Crippen LogP contribution in [0.2, 0.25) is 0 Å². The molecule has 4 heterocycles. The van der Waals surface area contributed by atoms with Crippen LogP contribution in [-0.4, -0.2) is 58.4 Å². The second kappa shape index (κ2) is 7.59. The number of carbonyl (C=O) groups is 1. The molecule has 0 radical (unpaired) electrons. The van der Waals surface area contributed by atoms with E-state index in [9.17, 15) is 9.59 Å². The molecule has 2 aliphatic heterocycles. The average molecular weight is 401 g/mol. The maximum Gasteiger partial charge on any atom is 0.259 e. The lowest BCUT2D eigenvalue weighted by atomic mass is 9.95. The molecule has 28 heavy (non-hydrogen) atoms. The molecule has 1 aliphatic carbocycles. The molecular formula is C21H28N4O2S. The zero-order chi connectivity index (χ0) is 19.1. The number of fused-ring (bicyclic) bond motifs is 3. The third-order valence-electron chi connectivity index (χ3n) is 6.64. The highest BCUT2D eigenvalue weighted by Crippen LogP contribution is 2.34. The van der Waals surface area contributed by atoms with Gasteiger partial charge >= 0.3 is 0 Å². The molecule has 0 aromatic carbocycles. The molecule has 0 saturated carbocycles. The Kier molecular flexibility index (Phi) is 4.97. The van der Waals surface area contributed by atoms with Crippen molar-refractivity contribution in [3.63, 3.8) is 0 Å². The fourth-order valence-electron chi connectivity index (χ4n) is 5.01. The van der Waals surface area contributed by atoms with Crippen LogP contribution < -0.4 is 5.56 Å². The number of aromatic amines is 1. The summed E-state index contributed by atoms with van der Waals surface area (Å²) in [6.45, 7) is 4.20. The Morgan fingerprint density at radius 2 is 1.82 bits per heavy atom. The number of thiophene rings is 1. The van der Waals surface area contributed by atoms with Crippen molar-refractivity contribution in [2.24, 2.45) is 0 Å². The van der Waals surface area contributed by atoms with Gasteiger partial charge in [0.2, 0.25) is 5.91 Å². The molecule has 0 atom stereocenters. The molecule has 2 aromatic rings. The SMILES string of the molecule is O=C(CN1CCCC1)N1CCC(c2nc3sc4c(c3c(=O)[nH]2)CCCC4)CC1. The molecule has 6 nitrogen and oxygen atoms in total. The minimum Gasteiger partial charge on any atom is -0.342 e. The predicted octanol–water partition coefficient (Wildman–Crippen LogP) is 2.67. The van der Waals surface area contributed by atoms with E-state index in [1.165, 1.54) is 36.1 Å². The van der Waals surface area contributed by atoms with Gasteiger partial charge in [-0.1, -0.05) is 0 Å². The van der Waals surface area contributed by atoms with Gasteiger partial charge in [-0.25, -0.2) is 4.98 Å². The molecule has 1 amide bonds. The van der Waals surface area contributed by atoms with Crippen molar-refractivity contribution in [3.05, 3.63) is 26.6 Å². The Morgan fingerprint density at radius 1 is 1.07 bits per heavy atom. The fraction of sp³-hybridized carbons (Fsp3) is 0.667. The number of likely N-dealkylation sites (tertiary alicyclic amines) is 2. The molecule has 2 saturated heterocycles. The van der Waals surface area contributed by atoms with E-state index < -0.39 is 0 Å². The standard InChI is InChI=1S/C21H28N4O2S/c26-17(13-24-9-3-4-10-24)25-11-7-14(8-12-25)19-22-20(27)18-15-5-1-2-6-16(15)28-21(18)23-19/h14H,1-13H2,(H,22,23,27). The topological polar surface area (TPSA) is 69.3 Å². The van der Waals surface area contributed by atoms with Gasteiger partial charge in [-0.15, -0.1) is 11.3 Å². The molecule has 0 bridgehead atoms. The van der Waals surface area contributed by atoms with Crippen LogP contribution in [0.5, 0.6) is 0 Å². The number of rotatable bonds is 3. The number of hydrogen-bond donors (Lipinski definition) is 1. The quantitative estimate of drug-likeness (QED) is 0.860. The number of carbonyl (C=O) groups excluding carboxylic acids is 1. The lowest BCUT2D eigenvalue weighted by Gasteiger charge is -2.32. The summed E-state index contributed by atoms with van der Waals surface area (Å²) in [5, 5.41) is 0.835. The van der Waals surface area contributed by atoms with Crippen LogP contribution in [0.3, 0.4) is 0 Å². The molecule has 7 heteroatoms. The molecule has 0 spiro atoms. The van der Waals surface area contributed by atoms with Crippen molar-refractivity contribution in [1.29, 1.82) is 0 Å². The summed E-state index contributed by atoms with van der Waals surface area (Å²) >= 11 is 1.71. The van der Waals surface area contributed by atoms with Crippen molar-refractivity contribution in [1.82, 2.24) is 19.8 Å². The first kappa shape index (κ1) is 18.3.